The fourth-order valence-corrected chi connectivity index (χ4v) is 9.14. The Labute approximate surface area is 235 Å². The highest BCUT2D eigenvalue weighted by molar-refractivity contribution is 7.89. The van der Waals surface area contributed by atoms with Gasteiger partial charge in [0.1, 0.15) is 11.6 Å². The molecule has 3 fully saturated rings. The highest BCUT2D eigenvalue weighted by Crippen LogP contribution is 2.37. The molecular weight excluding hydrogens is 508 g/mol. The van der Waals surface area contributed by atoms with Crippen molar-refractivity contribution < 1.29 is 8.42 Å². The SMILES string of the molecule is Cc1nnc(C(C)C)n1C1CCN(CC[C@@H](c2ccccc2)C2CCN(S(=O)(=O)C3CCNCC3)CC2)CC1. The van der Waals surface area contributed by atoms with Gasteiger partial charge in [0, 0.05) is 38.1 Å². The van der Waals surface area contributed by atoms with Gasteiger partial charge in [-0.1, -0.05) is 44.2 Å². The third-order valence-electron chi connectivity index (χ3n) is 9.45. The van der Waals surface area contributed by atoms with Gasteiger partial charge in [-0.05, 0) is 88.9 Å². The summed E-state index contributed by atoms with van der Waals surface area (Å²) in [4.78, 5) is 2.64. The molecule has 3 aliphatic heterocycles. The van der Waals surface area contributed by atoms with Gasteiger partial charge in [-0.3, -0.25) is 0 Å². The zero-order valence-electron chi connectivity index (χ0n) is 24.1. The molecule has 39 heavy (non-hydrogen) atoms. The number of benzene rings is 1. The predicted octanol–water partition coefficient (Wildman–Crippen LogP) is 4.31. The highest BCUT2D eigenvalue weighted by atomic mass is 32.2. The molecule has 0 unspecified atom stereocenters. The summed E-state index contributed by atoms with van der Waals surface area (Å²) in [6.07, 6.45) is 6.79. The minimum Gasteiger partial charge on any atom is -0.317 e. The topological polar surface area (TPSA) is 83.4 Å². The van der Waals surface area contributed by atoms with Gasteiger partial charge in [0.2, 0.25) is 10.0 Å². The predicted molar refractivity (Wildman–Crippen MR) is 156 cm³/mol. The van der Waals surface area contributed by atoms with Gasteiger partial charge in [0.25, 0.3) is 0 Å². The molecule has 0 aliphatic carbocycles. The van der Waals surface area contributed by atoms with Crippen molar-refractivity contribution in [3.05, 3.63) is 47.5 Å². The first kappa shape index (κ1) is 28.7. The first-order chi connectivity index (χ1) is 18.8. The van der Waals surface area contributed by atoms with Crippen LogP contribution in [0.15, 0.2) is 30.3 Å². The zero-order chi connectivity index (χ0) is 27.4. The first-order valence-corrected chi connectivity index (χ1v) is 16.7. The van der Waals surface area contributed by atoms with E-state index in [9.17, 15) is 8.42 Å². The summed E-state index contributed by atoms with van der Waals surface area (Å²) in [5.41, 5.74) is 1.41. The Kier molecular flexibility index (Phi) is 9.42. The molecule has 1 atom stereocenters. The summed E-state index contributed by atoms with van der Waals surface area (Å²) >= 11 is 0. The number of piperidine rings is 3. The van der Waals surface area contributed by atoms with Crippen LogP contribution >= 0.6 is 0 Å². The minimum atomic E-state index is -3.19. The normalized spacial score (nSPS) is 22.5. The van der Waals surface area contributed by atoms with E-state index in [2.05, 4.69) is 76.1 Å². The highest BCUT2D eigenvalue weighted by Gasteiger charge is 2.37. The van der Waals surface area contributed by atoms with Gasteiger partial charge < -0.3 is 14.8 Å². The molecule has 1 aromatic heterocycles. The Morgan fingerprint density at radius 1 is 0.923 bits per heavy atom. The van der Waals surface area contributed by atoms with Crippen LogP contribution in [0, 0.1) is 12.8 Å². The third kappa shape index (κ3) is 6.58. The van der Waals surface area contributed by atoms with Crippen molar-refractivity contribution in [1.82, 2.24) is 29.3 Å². The van der Waals surface area contributed by atoms with Crippen molar-refractivity contribution in [2.24, 2.45) is 5.92 Å². The van der Waals surface area contributed by atoms with E-state index in [1.54, 1.807) is 0 Å². The molecule has 4 heterocycles. The van der Waals surface area contributed by atoms with Crippen molar-refractivity contribution in [2.75, 3.05) is 45.8 Å². The van der Waals surface area contributed by atoms with Crippen LogP contribution in [-0.4, -0.2) is 83.5 Å². The third-order valence-corrected chi connectivity index (χ3v) is 11.8. The monoisotopic (exact) mass is 556 g/mol. The van der Waals surface area contributed by atoms with Crippen LogP contribution in [0.2, 0.25) is 0 Å². The molecule has 1 N–H and O–H groups in total. The molecule has 9 heteroatoms. The Morgan fingerprint density at radius 2 is 1.59 bits per heavy atom. The fourth-order valence-electron chi connectivity index (χ4n) is 7.16. The summed E-state index contributed by atoms with van der Waals surface area (Å²) in [6.45, 7) is 12.7. The maximum absolute atomic E-state index is 13.3. The molecule has 0 radical (unpaired) electrons. The number of hydrogen-bond acceptors (Lipinski definition) is 6. The molecule has 0 spiro atoms. The van der Waals surface area contributed by atoms with Crippen molar-refractivity contribution in [2.45, 2.75) is 88.8 Å². The maximum Gasteiger partial charge on any atom is 0.217 e. The smallest absolute Gasteiger partial charge is 0.217 e. The van der Waals surface area contributed by atoms with Gasteiger partial charge in [0.05, 0.1) is 5.25 Å². The average molecular weight is 557 g/mol. The molecule has 3 aliphatic rings. The molecule has 5 rings (SSSR count). The van der Waals surface area contributed by atoms with Gasteiger partial charge in [-0.25, -0.2) is 12.7 Å². The molecule has 1 aromatic carbocycles. The van der Waals surface area contributed by atoms with E-state index < -0.39 is 10.0 Å². The van der Waals surface area contributed by atoms with Crippen molar-refractivity contribution in [3.63, 3.8) is 0 Å². The number of sulfonamides is 1. The largest absolute Gasteiger partial charge is 0.317 e. The molecule has 216 valence electrons. The summed E-state index contributed by atoms with van der Waals surface area (Å²) < 4.78 is 30.8. The van der Waals surface area contributed by atoms with Gasteiger partial charge in [-0.15, -0.1) is 10.2 Å². The van der Waals surface area contributed by atoms with Crippen LogP contribution < -0.4 is 5.32 Å². The second kappa shape index (κ2) is 12.8. The van der Waals surface area contributed by atoms with Crippen LogP contribution in [0.1, 0.15) is 93.9 Å². The molecule has 2 aromatic rings. The lowest BCUT2D eigenvalue weighted by atomic mass is 9.78. The van der Waals surface area contributed by atoms with Crippen molar-refractivity contribution in [3.8, 4) is 0 Å². The molecule has 0 bridgehead atoms. The molecule has 8 nitrogen and oxygen atoms in total. The van der Waals surface area contributed by atoms with Crippen LogP contribution in [0.3, 0.4) is 0 Å². The number of aromatic nitrogens is 3. The van der Waals surface area contributed by atoms with E-state index in [0.717, 1.165) is 89.3 Å². The minimum absolute atomic E-state index is 0.207. The second-order valence-corrected chi connectivity index (χ2v) is 14.5. The summed E-state index contributed by atoms with van der Waals surface area (Å²) in [5.74, 6) is 3.54. The van der Waals surface area contributed by atoms with Gasteiger partial charge in [0.15, 0.2) is 0 Å². The van der Waals surface area contributed by atoms with Crippen LogP contribution in [0.5, 0.6) is 0 Å². The van der Waals surface area contributed by atoms with Gasteiger partial charge >= 0.3 is 0 Å². The number of hydrogen-bond donors (Lipinski definition) is 1. The molecule has 0 amide bonds. The van der Waals surface area contributed by atoms with Crippen LogP contribution in [-0.2, 0) is 10.0 Å². The lowest BCUT2D eigenvalue weighted by molar-refractivity contribution is 0.165. The lowest BCUT2D eigenvalue weighted by Gasteiger charge is -2.39. The number of likely N-dealkylation sites (tertiary alicyclic amines) is 1. The maximum atomic E-state index is 13.3. The summed E-state index contributed by atoms with van der Waals surface area (Å²) in [5, 5.41) is 11.9. The van der Waals surface area contributed by atoms with Crippen molar-refractivity contribution in [1.29, 1.82) is 0 Å². The lowest BCUT2D eigenvalue weighted by Crippen LogP contribution is -2.47. The van der Waals surface area contributed by atoms with Crippen molar-refractivity contribution >= 4 is 10.0 Å². The van der Waals surface area contributed by atoms with E-state index in [4.69, 9.17) is 0 Å². The molecular formula is C30H48N6O2S. The quantitative estimate of drug-likeness (QED) is 0.496. The van der Waals surface area contributed by atoms with E-state index in [1.807, 2.05) is 4.31 Å². The molecule has 3 saturated heterocycles. The Balaban J connectivity index is 1.18. The van der Waals surface area contributed by atoms with E-state index in [1.165, 1.54) is 5.56 Å². The zero-order valence-corrected chi connectivity index (χ0v) is 25.0. The van der Waals surface area contributed by atoms with Crippen LogP contribution in [0.25, 0.3) is 0 Å². The molecule has 0 saturated carbocycles. The Morgan fingerprint density at radius 3 is 2.23 bits per heavy atom. The number of nitrogens with one attached hydrogen (secondary N) is 1. The van der Waals surface area contributed by atoms with E-state index >= 15 is 0 Å². The first-order valence-electron chi connectivity index (χ1n) is 15.2. The van der Waals surface area contributed by atoms with Crippen LogP contribution in [0.4, 0.5) is 0 Å². The van der Waals surface area contributed by atoms with E-state index in [0.29, 0.717) is 36.9 Å². The Hall–Kier alpha value is -1.81. The number of aryl methyl sites for hydroxylation is 1. The Bertz CT molecular complexity index is 1150. The average Bonchev–Trinajstić information content (AvgIpc) is 3.36. The van der Waals surface area contributed by atoms with Gasteiger partial charge in [-0.2, -0.15) is 0 Å². The summed E-state index contributed by atoms with van der Waals surface area (Å²) in [7, 11) is -3.19. The summed E-state index contributed by atoms with van der Waals surface area (Å²) in [6, 6.07) is 11.4. The van der Waals surface area contributed by atoms with E-state index in [-0.39, 0.29) is 5.25 Å². The second-order valence-electron chi connectivity index (χ2n) is 12.2. The standard InChI is InChI=1S/C30H48N6O2S/c1-23(2)30-33-32-24(3)36(30)27-13-18-34(19-14-27)20-15-29(25-7-5-4-6-8-25)26-11-21-35(22-12-26)39(37,38)28-9-16-31-17-10-28/h4-8,23,26-29,31H,9-22H2,1-3H3/t29-/m0/s1. The fraction of sp³-hybridized carbons (Fsp3) is 0.733. The number of rotatable bonds is 9. The number of nitrogens with zero attached hydrogens (tertiary/aromatic N) is 5.